The van der Waals surface area contributed by atoms with Crippen LogP contribution in [0.1, 0.15) is 69.1 Å². The van der Waals surface area contributed by atoms with E-state index in [0.29, 0.717) is 23.5 Å². The fourth-order valence-electron chi connectivity index (χ4n) is 3.23. The minimum absolute atomic E-state index is 0.538. The fraction of sp³-hybridized carbons (Fsp3) is 0.379. The summed E-state index contributed by atoms with van der Waals surface area (Å²) in [7, 11) is 0. The number of halogens is 1. The zero-order valence-electron chi connectivity index (χ0n) is 19.7. The van der Waals surface area contributed by atoms with Gasteiger partial charge in [-0.25, -0.2) is 0 Å². The van der Waals surface area contributed by atoms with Crippen LogP contribution in [0.2, 0.25) is 5.02 Å². The zero-order chi connectivity index (χ0) is 22.9. The van der Waals surface area contributed by atoms with Crippen molar-refractivity contribution in [2.24, 2.45) is 5.92 Å². The molecule has 1 saturated carbocycles. The minimum Gasteiger partial charge on any atom is -0.493 e. The molecule has 0 unspecified atom stereocenters. The largest absolute Gasteiger partial charge is 0.493 e. The molecule has 3 aromatic carbocycles. The van der Waals surface area contributed by atoms with Crippen molar-refractivity contribution in [2.45, 2.75) is 59.0 Å². The van der Waals surface area contributed by atoms with E-state index < -0.39 is 0 Å². The topological polar surface area (TPSA) is 18.5 Å². The Labute approximate surface area is 198 Å². The first-order valence-corrected chi connectivity index (χ1v) is 12.0. The molecule has 170 valence electrons. The lowest BCUT2D eigenvalue weighted by atomic mass is 10.0. The third kappa shape index (κ3) is 8.24. The van der Waals surface area contributed by atoms with Crippen LogP contribution < -0.4 is 9.47 Å². The predicted octanol–water partition coefficient (Wildman–Crippen LogP) is 8.64. The Balaban J connectivity index is 0.000000186. The van der Waals surface area contributed by atoms with Crippen LogP contribution in [0.5, 0.6) is 11.5 Å². The molecule has 0 radical (unpaired) electrons. The first kappa shape index (κ1) is 24.2. The van der Waals surface area contributed by atoms with Crippen LogP contribution in [0, 0.1) is 5.92 Å². The van der Waals surface area contributed by atoms with Gasteiger partial charge in [0.15, 0.2) is 0 Å². The van der Waals surface area contributed by atoms with Gasteiger partial charge in [0.25, 0.3) is 0 Å². The molecule has 0 bridgehead atoms. The molecule has 3 aromatic rings. The van der Waals surface area contributed by atoms with E-state index in [1.54, 1.807) is 0 Å². The Bertz CT molecular complexity index is 976. The molecule has 2 nitrogen and oxygen atoms in total. The van der Waals surface area contributed by atoms with E-state index in [-0.39, 0.29) is 0 Å². The molecule has 3 heteroatoms. The summed E-state index contributed by atoms with van der Waals surface area (Å²) in [5, 5.41) is 0.698. The molecule has 1 aliphatic carbocycles. The summed E-state index contributed by atoms with van der Waals surface area (Å²) >= 11 is 5.91. The molecule has 0 saturated heterocycles. The number of benzene rings is 3. The van der Waals surface area contributed by atoms with Crippen LogP contribution in [0.4, 0.5) is 0 Å². The molecule has 0 heterocycles. The molecule has 1 fully saturated rings. The van der Waals surface area contributed by atoms with Gasteiger partial charge in [0.2, 0.25) is 0 Å². The second kappa shape index (κ2) is 12.0. The van der Waals surface area contributed by atoms with Gasteiger partial charge in [-0.1, -0.05) is 81.8 Å². The first-order valence-electron chi connectivity index (χ1n) is 11.6. The molecule has 0 atom stereocenters. The van der Waals surface area contributed by atoms with Crippen LogP contribution in [0.25, 0.3) is 0 Å². The molecule has 32 heavy (non-hydrogen) atoms. The normalized spacial score (nSPS) is 13.0. The lowest BCUT2D eigenvalue weighted by molar-refractivity contribution is 0.299. The molecule has 0 N–H and O–H groups in total. The standard InChI is InChI=1S/C16H17ClO.C13H18O/c1-12(2)14-6-3-5-13(9-14)11-18-16-8-4-7-15(17)10-16;1-10(2)12-4-3-5-13(8-12)14-9-11-6-7-11/h3-10,12H,11H2,1-2H3;3-5,8,10-11H,6-7,9H2,1-2H3. The lowest BCUT2D eigenvalue weighted by Gasteiger charge is -2.10. The summed E-state index contributed by atoms with van der Waals surface area (Å²) in [5.41, 5.74) is 3.88. The fourth-order valence-corrected chi connectivity index (χ4v) is 3.41. The summed E-state index contributed by atoms with van der Waals surface area (Å²) in [5.74, 6) is 3.79. The Morgan fingerprint density at radius 1 is 0.750 bits per heavy atom. The number of hydrogen-bond acceptors (Lipinski definition) is 2. The third-order valence-corrected chi connectivity index (χ3v) is 5.76. The predicted molar refractivity (Wildman–Crippen MR) is 135 cm³/mol. The molecule has 0 aromatic heterocycles. The van der Waals surface area contributed by atoms with E-state index in [0.717, 1.165) is 24.0 Å². The number of rotatable bonds is 8. The Morgan fingerprint density at radius 3 is 1.97 bits per heavy atom. The van der Waals surface area contributed by atoms with Crippen LogP contribution in [-0.4, -0.2) is 6.61 Å². The second-order valence-electron chi connectivity index (χ2n) is 9.13. The van der Waals surface area contributed by atoms with Crippen LogP contribution >= 0.6 is 11.6 Å². The summed E-state index contributed by atoms with van der Waals surface area (Å²) in [6, 6.07) is 24.4. The maximum atomic E-state index is 5.91. The molecule has 4 rings (SSSR count). The Kier molecular flexibility index (Phi) is 9.05. The highest BCUT2D eigenvalue weighted by molar-refractivity contribution is 6.30. The lowest BCUT2D eigenvalue weighted by Crippen LogP contribution is -1.99. The van der Waals surface area contributed by atoms with Gasteiger partial charge in [0, 0.05) is 5.02 Å². The molecular formula is C29H35ClO2. The van der Waals surface area contributed by atoms with E-state index in [2.05, 4.69) is 70.2 Å². The summed E-state index contributed by atoms with van der Waals surface area (Å²) in [4.78, 5) is 0. The van der Waals surface area contributed by atoms with Gasteiger partial charge in [-0.05, 0) is 77.6 Å². The van der Waals surface area contributed by atoms with E-state index in [1.807, 2.05) is 30.3 Å². The van der Waals surface area contributed by atoms with Gasteiger partial charge in [0.1, 0.15) is 18.1 Å². The molecule has 0 amide bonds. The Hall–Kier alpha value is -2.45. The summed E-state index contributed by atoms with van der Waals surface area (Å²) in [6.07, 6.45) is 2.70. The first-order chi connectivity index (χ1) is 15.4. The highest BCUT2D eigenvalue weighted by atomic mass is 35.5. The van der Waals surface area contributed by atoms with Crippen LogP contribution in [-0.2, 0) is 6.61 Å². The summed E-state index contributed by atoms with van der Waals surface area (Å²) in [6.45, 7) is 10.3. The van der Waals surface area contributed by atoms with E-state index in [1.165, 1.54) is 29.5 Å². The summed E-state index contributed by atoms with van der Waals surface area (Å²) < 4.78 is 11.4. The second-order valence-corrected chi connectivity index (χ2v) is 9.56. The SMILES string of the molecule is CC(C)c1cccc(COc2cccc(Cl)c2)c1.CC(C)c1cccc(OCC2CC2)c1. The maximum Gasteiger partial charge on any atom is 0.121 e. The van der Waals surface area contributed by atoms with Crippen molar-refractivity contribution in [1.29, 1.82) is 0 Å². The van der Waals surface area contributed by atoms with Crippen molar-refractivity contribution in [2.75, 3.05) is 6.61 Å². The van der Waals surface area contributed by atoms with Gasteiger partial charge in [-0.15, -0.1) is 0 Å². The van der Waals surface area contributed by atoms with Crippen molar-refractivity contribution in [1.82, 2.24) is 0 Å². The monoisotopic (exact) mass is 450 g/mol. The quantitative estimate of drug-likeness (QED) is 0.341. The van der Waals surface area contributed by atoms with Gasteiger partial charge >= 0.3 is 0 Å². The Morgan fingerprint density at radius 2 is 1.34 bits per heavy atom. The van der Waals surface area contributed by atoms with E-state index in [9.17, 15) is 0 Å². The average Bonchev–Trinajstić information content (AvgIpc) is 3.62. The van der Waals surface area contributed by atoms with Crippen molar-refractivity contribution in [3.8, 4) is 11.5 Å². The average molecular weight is 451 g/mol. The number of hydrogen-bond donors (Lipinski definition) is 0. The molecular weight excluding hydrogens is 416 g/mol. The molecule has 1 aliphatic rings. The van der Waals surface area contributed by atoms with Crippen molar-refractivity contribution < 1.29 is 9.47 Å². The smallest absolute Gasteiger partial charge is 0.121 e. The molecule has 0 aliphatic heterocycles. The van der Waals surface area contributed by atoms with E-state index >= 15 is 0 Å². The van der Waals surface area contributed by atoms with Crippen molar-refractivity contribution in [3.63, 3.8) is 0 Å². The van der Waals surface area contributed by atoms with Crippen LogP contribution in [0.3, 0.4) is 0 Å². The van der Waals surface area contributed by atoms with Crippen LogP contribution in [0.15, 0.2) is 72.8 Å². The van der Waals surface area contributed by atoms with Crippen molar-refractivity contribution in [3.05, 3.63) is 94.5 Å². The van der Waals surface area contributed by atoms with Gasteiger partial charge in [-0.2, -0.15) is 0 Å². The third-order valence-electron chi connectivity index (χ3n) is 5.53. The minimum atomic E-state index is 0.538. The van der Waals surface area contributed by atoms with Crippen molar-refractivity contribution >= 4 is 11.6 Å². The highest BCUT2D eigenvalue weighted by Crippen LogP contribution is 2.30. The highest BCUT2D eigenvalue weighted by Gasteiger charge is 2.21. The maximum absolute atomic E-state index is 5.91. The van der Waals surface area contributed by atoms with E-state index in [4.69, 9.17) is 21.1 Å². The number of ether oxygens (including phenoxy) is 2. The van der Waals surface area contributed by atoms with Gasteiger partial charge in [-0.3, -0.25) is 0 Å². The van der Waals surface area contributed by atoms with Gasteiger partial charge in [0.05, 0.1) is 6.61 Å². The molecule has 0 spiro atoms. The zero-order valence-corrected chi connectivity index (χ0v) is 20.4. The van der Waals surface area contributed by atoms with Gasteiger partial charge < -0.3 is 9.47 Å².